The predicted octanol–water partition coefficient (Wildman–Crippen LogP) is 2.49. The van der Waals surface area contributed by atoms with Crippen LogP contribution in [0.3, 0.4) is 0 Å². The van der Waals surface area contributed by atoms with Gasteiger partial charge in [0, 0.05) is 25.2 Å². The second-order valence-corrected chi connectivity index (χ2v) is 7.54. The molecule has 2 heteroatoms. The molecule has 1 heterocycles. The highest BCUT2D eigenvalue weighted by atomic mass is 15.2. The van der Waals surface area contributed by atoms with E-state index >= 15 is 0 Å². The van der Waals surface area contributed by atoms with E-state index in [4.69, 9.17) is 0 Å². The lowest BCUT2D eigenvalue weighted by atomic mass is 9.63. The van der Waals surface area contributed by atoms with Gasteiger partial charge in [-0.2, -0.15) is 0 Å². The molecule has 1 N–H and O–H groups in total. The summed E-state index contributed by atoms with van der Waals surface area (Å²) in [5.41, 5.74) is 1.02. The van der Waals surface area contributed by atoms with Crippen LogP contribution in [0.1, 0.15) is 47.0 Å². The topological polar surface area (TPSA) is 15.3 Å². The fraction of sp³-hybridized carbons (Fsp3) is 1.00. The van der Waals surface area contributed by atoms with Crippen LogP contribution in [0.5, 0.6) is 0 Å². The highest BCUT2D eigenvalue weighted by Gasteiger charge is 2.41. The Kier molecular flexibility index (Phi) is 3.09. The fourth-order valence-electron chi connectivity index (χ4n) is 3.94. The van der Waals surface area contributed by atoms with Crippen molar-refractivity contribution in [1.29, 1.82) is 0 Å². The molecule has 0 spiro atoms. The Morgan fingerprint density at radius 2 is 1.44 bits per heavy atom. The van der Waals surface area contributed by atoms with Gasteiger partial charge in [0.25, 0.3) is 0 Å². The Labute approximate surface area is 101 Å². The number of hydrogen-bond donors (Lipinski definition) is 1. The van der Waals surface area contributed by atoms with E-state index in [1.54, 1.807) is 0 Å². The molecule has 0 aromatic rings. The van der Waals surface area contributed by atoms with Crippen molar-refractivity contribution in [3.05, 3.63) is 0 Å². The summed E-state index contributed by atoms with van der Waals surface area (Å²) in [6, 6.07) is 1.57. The zero-order valence-corrected chi connectivity index (χ0v) is 11.6. The van der Waals surface area contributed by atoms with Gasteiger partial charge in [-0.1, -0.05) is 27.7 Å². The molecule has 2 nitrogen and oxygen atoms in total. The van der Waals surface area contributed by atoms with Crippen LogP contribution in [0.25, 0.3) is 0 Å². The summed E-state index contributed by atoms with van der Waals surface area (Å²) in [4.78, 5) is 2.64. The van der Waals surface area contributed by atoms with Crippen molar-refractivity contribution in [3.8, 4) is 0 Å². The summed E-state index contributed by atoms with van der Waals surface area (Å²) in [6.07, 6.45) is 4.10. The zero-order chi connectivity index (χ0) is 12.0. The van der Waals surface area contributed by atoms with Gasteiger partial charge in [0.05, 0.1) is 0 Å². The molecular formula is C14H28N2. The fourth-order valence-corrected chi connectivity index (χ4v) is 3.94. The van der Waals surface area contributed by atoms with Crippen molar-refractivity contribution in [2.75, 3.05) is 20.1 Å². The SMILES string of the molecule is CN(C1CNC1)C1CC(C)(C)CC(C)(C)C1. The zero-order valence-electron chi connectivity index (χ0n) is 11.6. The monoisotopic (exact) mass is 224 g/mol. The van der Waals surface area contributed by atoms with Crippen LogP contribution < -0.4 is 5.32 Å². The second kappa shape index (κ2) is 3.99. The lowest BCUT2D eigenvalue weighted by molar-refractivity contribution is 0.00752. The molecule has 0 aromatic carbocycles. The Morgan fingerprint density at radius 1 is 0.938 bits per heavy atom. The molecule has 16 heavy (non-hydrogen) atoms. The largest absolute Gasteiger partial charge is 0.314 e. The maximum atomic E-state index is 3.38. The molecule has 0 aromatic heterocycles. The van der Waals surface area contributed by atoms with Gasteiger partial charge in [-0.05, 0) is 37.1 Å². The third-order valence-corrected chi connectivity index (χ3v) is 4.45. The van der Waals surface area contributed by atoms with E-state index in [0.717, 1.165) is 12.1 Å². The smallest absolute Gasteiger partial charge is 0.0345 e. The van der Waals surface area contributed by atoms with Gasteiger partial charge in [-0.15, -0.1) is 0 Å². The summed E-state index contributed by atoms with van der Waals surface area (Å²) in [6.45, 7) is 12.1. The highest BCUT2D eigenvalue weighted by molar-refractivity contribution is 4.96. The Balaban J connectivity index is 2.03. The van der Waals surface area contributed by atoms with Crippen molar-refractivity contribution in [1.82, 2.24) is 10.2 Å². The average Bonchev–Trinajstić information content (AvgIpc) is 1.94. The molecule has 94 valence electrons. The molecule has 2 rings (SSSR count). The molecule has 2 fully saturated rings. The maximum Gasteiger partial charge on any atom is 0.0345 e. The van der Waals surface area contributed by atoms with Crippen molar-refractivity contribution in [2.45, 2.75) is 59.0 Å². The van der Waals surface area contributed by atoms with E-state index in [-0.39, 0.29) is 0 Å². The maximum absolute atomic E-state index is 3.38. The Morgan fingerprint density at radius 3 is 1.81 bits per heavy atom. The number of nitrogens with zero attached hydrogens (tertiary/aromatic N) is 1. The van der Waals surface area contributed by atoms with Gasteiger partial charge >= 0.3 is 0 Å². The lowest BCUT2D eigenvalue weighted by Gasteiger charge is -2.50. The predicted molar refractivity (Wildman–Crippen MR) is 69.6 cm³/mol. The molecule has 0 atom stereocenters. The summed E-state index contributed by atoms with van der Waals surface area (Å²) in [5.74, 6) is 0. The van der Waals surface area contributed by atoms with Crippen molar-refractivity contribution >= 4 is 0 Å². The van der Waals surface area contributed by atoms with E-state index in [2.05, 4.69) is 45.0 Å². The molecule has 1 aliphatic carbocycles. The third kappa shape index (κ3) is 2.60. The minimum Gasteiger partial charge on any atom is -0.314 e. The van der Waals surface area contributed by atoms with Crippen LogP contribution in [0.15, 0.2) is 0 Å². The van der Waals surface area contributed by atoms with Crippen LogP contribution in [0, 0.1) is 10.8 Å². The van der Waals surface area contributed by atoms with Gasteiger partial charge in [0.15, 0.2) is 0 Å². The summed E-state index contributed by atoms with van der Waals surface area (Å²) >= 11 is 0. The van der Waals surface area contributed by atoms with Gasteiger partial charge in [0.1, 0.15) is 0 Å². The van der Waals surface area contributed by atoms with Crippen LogP contribution in [-0.4, -0.2) is 37.1 Å². The number of rotatable bonds is 2. The van der Waals surface area contributed by atoms with Crippen LogP contribution in [0.2, 0.25) is 0 Å². The first-order chi connectivity index (χ1) is 7.29. The van der Waals surface area contributed by atoms with Gasteiger partial charge in [-0.3, -0.25) is 4.90 Å². The second-order valence-electron chi connectivity index (χ2n) is 7.54. The minimum absolute atomic E-state index is 0.512. The number of nitrogens with one attached hydrogen (secondary N) is 1. The van der Waals surface area contributed by atoms with E-state index in [1.807, 2.05) is 0 Å². The summed E-state index contributed by atoms with van der Waals surface area (Å²) in [7, 11) is 2.33. The van der Waals surface area contributed by atoms with E-state index in [9.17, 15) is 0 Å². The first-order valence-corrected chi connectivity index (χ1v) is 6.72. The first kappa shape index (κ1) is 12.4. The molecule has 1 aliphatic heterocycles. The first-order valence-electron chi connectivity index (χ1n) is 6.72. The molecule has 0 bridgehead atoms. The molecule has 0 radical (unpaired) electrons. The normalized spacial score (nSPS) is 30.4. The van der Waals surface area contributed by atoms with Gasteiger partial charge in [0.2, 0.25) is 0 Å². The van der Waals surface area contributed by atoms with Crippen molar-refractivity contribution < 1.29 is 0 Å². The van der Waals surface area contributed by atoms with Gasteiger partial charge < -0.3 is 5.32 Å². The minimum atomic E-state index is 0.512. The molecule has 1 saturated heterocycles. The van der Waals surface area contributed by atoms with Crippen molar-refractivity contribution in [3.63, 3.8) is 0 Å². The molecule has 0 amide bonds. The van der Waals surface area contributed by atoms with E-state index in [1.165, 1.54) is 32.4 Å². The molecule has 1 saturated carbocycles. The van der Waals surface area contributed by atoms with E-state index < -0.39 is 0 Å². The summed E-state index contributed by atoms with van der Waals surface area (Å²) in [5, 5.41) is 3.38. The quantitative estimate of drug-likeness (QED) is 0.775. The van der Waals surface area contributed by atoms with E-state index in [0.29, 0.717) is 10.8 Å². The lowest BCUT2D eigenvalue weighted by Crippen LogP contribution is -2.60. The molecule has 2 aliphatic rings. The third-order valence-electron chi connectivity index (χ3n) is 4.45. The summed E-state index contributed by atoms with van der Waals surface area (Å²) < 4.78 is 0. The standard InChI is InChI=1S/C14H28N2/c1-13(2)6-11(7-14(3,4)10-13)16(5)12-8-15-9-12/h11-12,15H,6-10H2,1-5H3. The highest BCUT2D eigenvalue weighted by Crippen LogP contribution is 2.47. The van der Waals surface area contributed by atoms with Crippen LogP contribution in [0.4, 0.5) is 0 Å². The van der Waals surface area contributed by atoms with Gasteiger partial charge in [-0.25, -0.2) is 0 Å². The number of likely N-dealkylation sites (N-methyl/N-ethyl adjacent to an activating group) is 1. The number of hydrogen-bond acceptors (Lipinski definition) is 2. The van der Waals surface area contributed by atoms with Crippen LogP contribution >= 0.6 is 0 Å². The Bertz CT molecular complexity index is 237. The van der Waals surface area contributed by atoms with Crippen molar-refractivity contribution in [2.24, 2.45) is 10.8 Å². The van der Waals surface area contributed by atoms with Crippen LogP contribution in [-0.2, 0) is 0 Å². The Hall–Kier alpha value is -0.0800. The average molecular weight is 224 g/mol. The molecule has 0 unspecified atom stereocenters. The molecular weight excluding hydrogens is 196 g/mol.